The van der Waals surface area contributed by atoms with E-state index in [2.05, 4.69) is 4.99 Å². The summed E-state index contributed by atoms with van der Waals surface area (Å²) in [5.74, 6) is 0.497. The zero-order valence-electron chi connectivity index (χ0n) is 10.8. The van der Waals surface area contributed by atoms with Crippen molar-refractivity contribution >= 4 is 17.7 Å². The number of aliphatic imine (C=N–C) groups is 1. The largest absolute Gasteiger partial charge is 0.497 e. The van der Waals surface area contributed by atoms with Gasteiger partial charge in [-0.05, 0) is 30.2 Å². The lowest BCUT2D eigenvalue weighted by Gasteiger charge is -2.18. The Morgan fingerprint density at radius 2 is 2.11 bits per heavy atom. The Bertz CT molecular complexity index is 467. The van der Waals surface area contributed by atoms with E-state index in [9.17, 15) is 4.79 Å². The second-order valence-corrected chi connectivity index (χ2v) is 3.73. The van der Waals surface area contributed by atoms with Gasteiger partial charge in [0.05, 0.1) is 7.11 Å². The van der Waals surface area contributed by atoms with Gasteiger partial charge >= 0.3 is 6.03 Å². The first-order valence-corrected chi connectivity index (χ1v) is 5.53. The molecule has 6 nitrogen and oxygen atoms in total. The average Bonchev–Trinajstić information content (AvgIpc) is 2.36. The van der Waals surface area contributed by atoms with Crippen molar-refractivity contribution in [3.63, 3.8) is 0 Å². The number of urea groups is 1. The molecule has 0 saturated carbocycles. The number of ether oxygens (including phenoxy) is 1. The highest BCUT2D eigenvalue weighted by Crippen LogP contribution is 2.25. The third kappa shape index (κ3) is 3.13. The first-order valence-electron chi connectivity index (χ1n) is 5.53. The highest BCUT2D eigenvalue weighted by atomic mass is 16.5. The predicted octanol–water partition coefficient (Wildman–Crippen LogP) is 1.09. The van der Waals surface area contributed by atoms with E-state index in [0.717, 1.165) is 23.4 Å². The third-order valence-electron chi connectivity index (χ3n) is 2.54. The molecule has 4 N–H and O–H groups in total. The van der Waals surface area contributed by atoms with Crippen molar-refractivity contribution in [3.05, 3.63) is 23.8 Å². The fourth-order valence-corrected chi connectivity index (χ4v) is 1.59. The lowest BCUT2D eigenvalue weighted by atomic mass is 10.1. The number of nitrogens with zero attached hydrogens (tertiary/aromatic N) is 2. The molecule has 0 atom stereocenters. The maximum absolute atomic E-state index is 11.7. The molecule has 0 fully saturated rings. The summed E-state index contributed by atoms with van der Waals surface area (Å²) in [6.45, 7) is 2.00. The van der Waals surface area contributed by atoms with Crippen molar-refractivity contribution in [1.82, 2.24) is 0 Å². The second-order valence-electron chi connectivity index (χ2n) is 3.73. The second kappa shape index (κ2) is 5.90. The summed E-state index contributed by atoms with van der Waals surface area (Å²) in [6.07, 6.45) is 0.770. The number of nitrogens with two attached hydrogens (primary N) is 2. The minimum Gasteiger partial charge on any atom is -0.497 e. The number of benzene rings is 1. The molecule has 0 aliphatic heterocycles. The molecule has 0 saturated heterocycles. The Morgan fingerprint density at radius 3 is 2.61 bits per heavy atom. The van der Waals surface area contributed by atoms with Crippen molar-refractivity contribution in [2.45, 2.75) is 13.3 Å². The molecule has 2 amide bonds. The van der Waals surface area contributed by atoms with Crippen LogP contribution in [0.3, 0.4) is 0 Å². The van der Waals surface area contributed by atoms with Crippen LogP contribution in [0.1, 0.15) is 12.5 Å². The van der Waals surface area contributed by atoms with Gasteiger partial charge in [0.25, 0.3) is 0 Å². The van der Waals surface area contributed by atoms with Gasteiger partial charge in [0.1, 0.15) is 5.75 Å². The molecule has 0 aromatic heterocycles. The number of carbonyl (C=O) groups is 1. The van der Waals surface area contributed by atoms with Crippen LogP contribution in [0.25, 0.3) is 0 Å². The van der Waals surface area contributed by atoms with Gasteiger partial charge in [0.2, 0.25) is 0 Å². The first kappa shape index (κ1) is 13.8. The SMILES string of the molecule is CCc1cc(OC)ccc1N(C)C(=O)N=C(N)N. The van der Waals surface area contributed by atoms with Crippen molar-refractivity contribution in [2.24, 2.45) is 16.5 Å². The minimum atomic E-state index is -0.505. The summed E-state index contributed by atoms with van der Waals surface area (Å²) < 4.78 is 5.15. The molecule has 6 heteroatoms. The quantitative estimate of drug-likeness (QED) is 0.620. The molecular weight excluding hydrogens is 232 g/mol. The van der Waals surface area contributed by atoms with Gasteiger partial charge < -0.3 is 16.2 Å². The Kier molecular flexibility index (Phi) is 4.53. The molecule has 0 aliphatic carbocycles. The molecule has 1 aromatic carbocycles. The molecule has 0 unspecified atom stereocenters. The van der Waals surface area contributed by atoms with E-state index >= 15 is 0 Å². The number of amides is 2. The van der Waals surface area contributed by atoms with Gasteiger partial charge in [-0.25, -0.2) is 4.79 Å². The van der Waals surface area contributed by atoms with E-state index in [1.165, 1.54) is 4.90 Å². The third-order valence-corrected chi connectivity index (χ3v) is 2.54. The van der Waals surface area contributed by atoms with Crippen LogP contribution in [0, 0.1) is 0 Å². The first-order chi connectivity index (χ1) is 8.49. The molecule has 0 heterocycles. The molecule has 0 bridgehead atoms. The molecule has 1 rings (SSSR count). The molecular formula is C12H18N4O2. The molecule has 0 aliphatic rings. The van der Waals surface area contributed by atoms with E-state index < -0.39 is 6.03 Å². The number of hydrogen-bond acceptors (Lipinski definition) is 2. The Morgan fingerprint density at radius 1 is 1.44 bits per heavy atom. The fraction of sp³-hybridized carbons (Fsp3) is 0.333. The van der Waals surface area contributed by atoms with Gasteiger partial charge in [0.15, 0.2) is 5.96 Å². The highest BCUT2D eigenvalue weighted by molar-refractivity contribution is 5.99. The predicted molar refractivity (Wildman–Crippen MR) is 72.0 cm³/mol. The average molecular weight is 250 g/mol. The van der Waals surface area contributed by atoms with Gasteiger partial charge in [-0.15, -0.1) is 0 Å². The number of guanidine groups is 1. The Hall–Kier alpha value is -2.24. The van der Waals surface area contributed by atoms with E-state index in [-0.39, 0.29) is 5.96 Å². The Labute approximate surface area is 106 Å². The van der Waals surface area contributed by atoms with Crippen LogP contribution in [0.15, 0.2) is 23.2 Å². The zero-order valence-corrected chi connectivity index (χ0v) is 10.8. The van der Waals surface area contributed by atoms with Crippen LogP contribution < -0.4 is 21.1 Å². The molecule has 0 radical (unpaired) electrons. The molecule has 18 heavy (non-hydrogen) atoms. The summed E-state index contributed by atoms with van der Waals surface area (Å²) >= 11 is 0. The normalized spacial score (nSPS) is 9.72. The van der Waals surface area contributed by atoms with E-state index in [4.69, 9.17) is 16.2 Å². The summed E-state index contributed by atoms with van der Waals surface area (Å²) in [7, 11) is 3.22. The summed E-state index contributed by atoms with van der Waals surface area (Å²) in [5.41, 5.74) is 12.1. The van der Waals surface area contributed by atoms with E-state index in [1.54, 1.807) is 26.3 Å². The number of carbonyl (C=O) groups excluding carboxylic acids is 1. The summed E-state index contributed by atoms with van der Waals surface area (Å²) in [4.78, 5) is 16.6. The minimum absolute atomic E-state index is 0.251. The zero-order chi connectivity index (χ0) is 13.7. The number of anilines is 1. The monoisotopic (exact) mass is 250 g/mol. The fourth-order valence-electron chi connectivity index (χ4n) is 1.59. The summed E-state index contributed by atoms with van der Waals surface area (Å²) in [6, 6.07) is 4.97. The standard InChI is InChI=1S/C12H18N4O2/c1-4-8-7-9(18-3)5-6-10(8)16(2)12(17)15-11(13)14/h5-7H,4H2,1-3H3,(H4,13,14,15,17). The Balaban J connectivity index is 3.09. The summed E-state index contributed by atoms with van der Waals surface area (Å²) in [5, 5.41) is 0. The van der Waals surface area contributed by atoms with Crippen molar-refractivity contribution < 1.29 is 9.53 Å². The van der Waals surface area contributed by atoms with Crippen molar-refractivity contribution in [2.75, 3.05) is 19.1 Å². The number of methoxy groups -OCH3 is 1. The van der Waals surface area contributed by atoms with Crippen molar-refractivity contribution in [3.8, 4) is 5.75 Å². The maximum Gasteiger partial charge on any atom is 0.350 e. The van der Waals surface area contributed by atoms with Gasteiger partial charge in [-0.1, -0.05) is 6.92 Å². The highest BCUT2D eigenvalue weighted by Gasteiger charge is 2.14. The number of hydrogen-bond donors (Lipinski definition) is 2. The molecule has 98 valence electrons. The number of aryl methyl sites for hydroxylation is 1. The van der Waals surface area contributed by atoms with Gasteiger partial charge in [-0.3, -0.25) is 4.90 Å². The van der Waals surface area contributed by atoms with Crippen molar-refractivity contribution in [1.29, 1.82) is 0 Å². The molecule has 1 aromatic rings. The lowest BCUT2D eigenvalue weighted by molar-refractivity contribution is 0.255. The van der Waals surface area contributed by atoms with Crippen LogP contribution in [-0.2, 0) is 6.42 Å². The maximum atomic E-state index is 11.7. The topological polar surface area (TPSA) is 93.9 Å². The van der Waals surface area contributed by atoms with Crippen LogP contribution >= 0.6 is 0 Å². The van der Waals surface area contributed by atoms with Crippen LogP contribution in [-0.4, -0.2) is 26.1 Å². The van der Waals surface area contributed by atoms with Gasteiger partial charge in [-0.2, -0.15) is 4.99 Å². The van der Waals surface area contributed by atoms with E-state index in [1.807, 2.05) is 13.0 Å². The van der Waals surface area contributed by atoms with Crippen LogP contribution in [0.2, 0.25) is 0 Å². The smallest absolute Gasteiger partial charge is 0.350 e. The molecule has 0 spiro atoms. The number of rotatable bonds is 3. The van der Waals surface area contributed by atoms with Crippen LogP contribution in [0.4, 0.5) is 10.5 Å². The van der Waals surface area contributed by atoms with E-state index in [0.29, 0.717) is 0 Å². The lowest BCUT2D eigenvalue weighted by Crippen LogP contribution is -2.30. The van der Waals surface area contributed by atoms with Gasteiger partial charge in [0, 0.05) is 12.7 Å². The van der Waals surface area contributed by atoms with Crippen LogP contribution in [0.5, 0.6) is 5.75 Å².